The van der Waals surface area contributed by atoms with Gasteiger partial charge in [0.15, 0.2) is 11.9 Å². The third-order valence-corrected chi connectivity index (χ3v) is 7.94. The van der Waals surface area contributed by atoms with Gasteiger partial charge >= 0.3 is 0 Å². The number of carbonyl (C=O) groups is 4. The molecule has 0 spiro atoms. The molecule has 2 aromatic rings. The Balaban J connectivity index is 2.14. The van der Waals surface area contributed by atoms with Crippen molar-refractivity contribution in [2.45, 2.75) is 109 Å². The summed E-state index contributed by atoms with van der Waals surface area (Å²) in [6.07, 6.45) is 10.7. The molecule has 266 valence electrons. The van der Waals surface area contributed by atoms with Crippen LogP contribution in [0.2, 0.25) is 0 Å². The van der Waals surface area contributed by atoms with E-state index < -0.39 is 35.8 Å². The predicted octanol–water partition coefficient (Wildman–Crippen LogP) is 0.898. The number of amides is 4. The Morgan fingerprint density at radius 3 is 1.83 bits per heavy atom. The van der Waals surface area contributed by atoms with E-state index in [1.807, 2.05) is 24.3 Å². The van der Waals surface area contributed by atoms with Crippen LogP contribution in [-0.4, -0.2) is 71.7 Å². The molecule has 0 saturated heterocycles. The summed E-state index contributed by atoms with van der Waals surface area (Å²) < 4.78 is 0. The molecule has 0 radical (unpaired) electrons. The lowest BCUT2D eigenvalue weighted by molar-refractivity contribution is -0.133. The van der Waals surface area contributed by atoms with E-state index >= 15 is 0 Å². The number of nitrogens with two attached hydrogens (primary N) is 5. The van der Waals surface area contributed by atoms with Crippen LogP contribution in [0, 0.1) is 0 Å². The first-order valence-electron chi connectivity index (χ1n) is 16.9. The molecular weight excluding hydrogens is 614 g/mol. The highest BCUT2D eigenvalue weighted by molar-refractivity contribution is 5.94. The molecule has 15 heteroatoms. The van der Waals surface area contributed by atoms with E-state index in [-0.39, 0.29) is 56.6 Å². The van der Waals surface area contributed by atoms with E-state index in [4.69, 9.17) is 28.7 Å². The van der Waals surface area contributed by atoms with Gasteiger partial charge in [-0.15, -0.1) is 0 Å². The summed E-state index contributed by atoms with van der Waals surface area (Å²) >= 11 is 0. The smallest absolute Gasteiger partial charge is 0.243 e. The summed E-state index contributed by atoms with van der Waals surface area (Å²) in [5, 5.41) is 9.20. The Labute approximate surface area is 282 Å². The third-order valence-electron chi connectivity index (χ3n) is 7.94. The van der Waals surface area contributed by atoms with Crippen LogP contribution in [0.5, 0.6) is 0 Å². The summed E-state index contributed by atoms with van der Waals surface area (Å²) in [6, 6.07) is 4.51. The van der Waals surface area contributed by atoms with Crippen LogP contribution in [0.3, 0.4) is 0 Å². The molecule has 15 nitrogen and oxygen atoms in total. The van der Waals surface area contributed by atoms with Crippen LogP contribution in [0.4, 0.5) is 0 Å². The van der Waals surface area contributed by atoms with Gasteiger partial charge in [-0.3, -0.25) is 29.2 Å². The zero-order valence-corrected chi connectivity index (χ0v) is 28.1. The van der Waals surface area contributed by atoms with Gasteiger partial charge in [-0.25, -0.2) is 0 Å². The van der Waals surface area contributed by atoms with Crippen LogP contribution in [0.15, 0.2) is 40.4 Å². The normalized spacial score (nSPS) is 12.8. The minimum absolute atomic E-state index is 0.0758. The first-order chi connectivity index (χ1) is 23.0. The average molecular weight is 670 g/mol. The van der Waals surface area contributed by atoms with Crippen molar-refractivity contribution in [2.75, 3.05) is 13.1 Å². The fourth-order valence-electron chi connectivity index (χ4n) is 5.34. The van der Waals surface area contributed by atoms with Gasteiger partial charge in [0.1, 0.15) is 18.1 Å². The highest BCUT2D eigenvalue weighted by atomic mass is 16.2. The highest BCUT2D eigenvalue weighted by Gasteiger charge is 2.29. The van der Waals surface area contributed by atoms with Crippen molar-refractivity contribution >= 4 is 46.5 Å². The predicted molar refractivity (Wildman–Crippen MR) is 189 cm³/mol. The van der Waals surface area contributed by atoms with Gasteiger partial charge in [0.25, 0.3) is 0 Å². The van der Waals surface area contributed by atoms with Crippen molar-refractivity contribution in [2.24, 2.45) is 38.7 Å². The van der Waals surface area contributed by atoms with E-state index in [0.29, 0.717) is 19.3 Å². The molecule has 1 heterocycles. The first-order valence-corrected chi connectivity index (χ1v) is 16.9. The Kier molecular flexibility index (Phi) is 17.9. The number of nitrogens with zero attached hydrogens (tertiary/aromatic N) is 2. The molecule has 14 N–H and O–H groups in total. The molecule has 0 fully saturated rings. The minimum atomic E-state index is -1.07. The molecular formula is C33H55N11O4. The highest BCUT2D eigenvalue weighted by Crippen LogP contribution is 2.19. The summed E-state index contributed by atoms with van der Waals surface area (Å²) in [7, 11) is 0. The molecule has 1 aromatic carbocycles. The summed E-state index contributed by atoms with van der Waals surface area (Å²) in [6.45, 7) is 2.64. The van der Waals surface area contributed by atoms with Crippen LogP contribution >= 0.6 is 0 Å². The number of rotatable bonds is 24. The maximum Gasteiger partial charge on any atom is 0.243 e. The van der Waals surface area contributed by atoms with Gasteiger partial charge in [-0.2, -0.15) is 0 Å². The number of aromatic amines is 1. The summed E-state index contributed by atoms with van der Waals surface area (Å²) in [5.74, 6) is -2.32. The summed E-state index contributed by atoms with van der Waals surface area (Å²) in [4.78, 5) is 63.6. The van der Waals surface area contributed by atoms with Gasteiger partial charge in [0.05, 0.1) is 0 Å². The lowest BCUT2D eigenvalue weighted by atomic mass is 10.0. The number of para-hydroxylation sites is 1. The molecule has 3 atom stereocenters. The number of aliphatic imine (C=N–C) groups is 2. The van der Waals surface area contributed by atoms with Gasteiger partial charge in [0, 0.05) is 43.0 Å². The van der Waals surface area contributed by atoms with Gasteiger partial charge in [-0.1, -0.05) is 63.6 Å². The van der Waals surface area contributed by atoms with E-state index in [2.05, 4.69) is 37.8 Å². The van der Waals surface area contributed by atoms with E-state index in [1.165, 1.54) is 19.3 Å². The van der Waals surface area contributed by atoms with Crippen molar-refractivity contribution < 1.29 is 19.2 Å². The lowest BCUT2D eigenvalue weighted by Gasteiger charge is -2.25. The molecule has 2 rings (SSSR count). The number of benzene rings is 1. The Morgan fingerprint density at radius 1 is 0.708 bits per heavy atom. The third kappa shape index (κ3) is 15.2. The van der Waals surface area contributed by atoms with Gasteiger partial charge in [-0.05, 0) is 43.7 Å². The average Bonchev–Trinajstić information content (AvgIpc) is 3.45. The van der Waals surface area contributed by atoms with E-state index in [0.717, 1.165) is 35.7 Å². The Hall–Kier alpha value is -4.82. The van der Waals surface area contributed by atoms with Crippen molar-refractivity contribution in [1.82, 2.24) is 20.9 Å². The number of guanidine groups is 2. The van der Waals surface area contributed by atoms with Crippen molar-refractivity contribution in [3.05, 3.63) is 36.0 Å². The number of H-pyrrole nitrogens is 1. The molecule has 0 aliphatic heterocycles. The SMILES string of the molecule is CCCCCCCCCC(=O)N[C@@H](CCCN=C(N)N)C(=O)N[C@@H](CCCN=C(N)N)C(=O)N[C@@H](Cc1c[nH]c2ccccc12)C(N)=O. The molecule has 48 heavy (non-hydrogen) atoms. The van der Waals surface area contributed by atoms with Crippen molar-refractivity contribution in [3.63, 3.8) is 0 Å². The number of carbonyl (C=O) groups excluding carboxylic acids is 4. The Bertz CT molecular complexity index is 1370. The number of unbranched alkanes of at least 4 members (excludes halogenated alkanes) is 6. The molecule has 0 bridgehead atoms. The fraction of sp³-hybridized carbons (Fsp3) is 0.576. The zero-order valence-electron chi connectivity index (χ0n) is 28.1. The summed E-state index contributed by atoms with van der Waals surface area (Å²) in [5.41, 5.74) is 29.1. The lowest BCUT2D eigenvalue weighted by Crippen LogP contribution is -2.56. The number of fused-ring (bicyclic) bond motifs is 1. The number of nitrogens with one attached hydrogen (secondary N) is 4. The molecule has 0 aliphatic rings. The Morgan fingerprint density at radius 2 is 1.25 bits per heavy atom. The van der Waals surface area contributed by atoms with E-state index in [1.54, 1.807) is 6.20 Å². The van der Waals surface area contributed by atoms with Crippen molar-refractivity contribution in [3.8, 4) is 0 Å². The minimum Gasteiger partial charge on any atom is -0.370 e. The molecule has 0 unspecified atom stereocenters. The van der Waals surface area contributed by atoms with Crippen molar-refractivity contribution in [1.29, 1.82) is 0 Å². The maximum atomic E-state index is 13.6. The number of hydrogen-bond acceptors (Lipinski definition) is 6. The second-order valence-corrected chi connectivity index (χ2v) is 12.0. The molecule has 0 saturated carbocycles. The quantitative estimate of drug-likeness (QED) is 0.0439. The maximum absolute atomic E-state index is 13.6. The standard InChI is InChI=1S/C33H55N11O4/c1-2-3-4-5-6-7-8-17-28(45)42-25(15-11-18-39-32(35)36)30(47)43-26(16-12-19-40-33(37)38)31(48)44-27(29(34)46)20-22-21-41-24-14-10-9-13-23(22)24/h9-10,13-14,21,25-27,41H,2-8,11-12,15-20H2,1H3,(H2,34,46)(H,42,45)(H,43,47)(H,44,48)(H4,35,36,39)(H4,37,38,40)/t25-,26-,27-/m0/s1. The van der Waals surface area contributed by atoms with E-state index in [9.17, 15) is 19.2 Å². The molecule has 4 amide bonds. The zero-order chi connectivity index (χ0) is 35.3. The first kappa shape index (κ1) is 39.4. The largest absolute Gasteiger partial charge is 0.370 e. The fourth-order valence-corrected chi connectivity index (χ4v) is 5.34. The van der Waals surface area contributed by atoms with Crippen LogP contribution in [0.1, 0.15) is 89.5 Å². The molecule has 0 aliphatic carbocycles. The van der Waals surface area contributed by atoms with Gasteiger partial charge < -0.3 is 49.6 Å². The number of hydrogen-bond donors (Lipinski definition) is 9. The second-order valence-electron chi connectivity index (χ2n) is 12.0. The number of aromatic nitrogens is 1. The monoisotopic (exact) mass is 669 g/mol. The van der Waals surface area contributed by atoms with Crippen LogP contribution in [-0.2, 0) is 25.6 Å². The molecule has 1 aromatic heterocycles. The second kappa shape index (κ2) is 21.9. The van der Waals surface area contributed by atoms with Crippen LogP contribution in [0.25, 0.3) is 10.9 Å². The number of primary amides is 1. The van der Waals surface area contributed by atoms with Crippen LogP contribution < -0.4 is 44.6 Å². The topological polar surface area (TPSA) is 275 Å². The van der Waals surface area contributed by atoms with Gasteiger partial charge in [0.2, 0.25) is 23.6 Å².